The van der Waals surface area contributed by atoms with Crippen molar-refractivity contribution in [1.29, 1.82) is 0 Å². The molecule has 1 fully saturated rings. The highest BCUT2D eigenvalue weighted by Gasteiger charge is 2.14. The minimum Gasteiger partial charge on any atom is -0.393 e. The summed E-state index contributed by atoms with van der Waals surface area (Å²) in [4.78, 5) is 2.41. The van der Waals surface area contributed by atoms with Crippen LogP contribution in [0.25, 0.3) is 0 Å². The van der Waals surface area contributed by atoms with Gasteiger partial charge >= 0.3 is 0 Å². The van der Waals surface area contributed by atoms with Crippen LogP contribution in [0.3, 0.4) is 0 Å². The molecule has 0 amide bonds. The predicted octanol–water partition coefficient (Wildman–Crippen LogP) is 1.22. The molecule has 1 saturated heterocycles. The highest BCUT2D eigenvalue weighted by atomic mass is 16.3. The predicted molar refractivity (Wildman–Crippen MR) is 64.1 cm³/mol. The first kappa shape index (κ1) is 12.9. The summed E-state index contributed by atoms with van der Waals surface area (Å²) in [7, 11) is 2.20. The van der Waals surface area contributed by atoms with Crippen LogP contribution >= 0.6 is 0 Å². The zero-order valence-electron chi connectivity index (χ0n) is 10.2. The Morgan fingerprint density at radius 2 is 2.20 bits per heavy atom. The molecule has 2 unspecified atom stereocenters. The van der Waals surface area contributed by atoms with Crippen LogP contribution in [0.15, 0.2) is 0 Å². The van der Waals surface area contributed by atoms with E-state index in [-0.39, 0.29) is 6.10 Å². The van der Waals surface area contributed by atoms with Crippen molar-refractivity contribution >= 4 is 0 Å². The number of rotatable bonds is 5. The molecule has 15 heavy (non-hydrogen) atoms. The van der Waals surface area contributed by atoms with Crippen LogP contribution in [0.5, 0.6) is 0 Å². The summed E-state index contributed by atoms with van der Waals surface area (Å²) in [6.45, 7) is 5.43. The van der Waals surface area contributed by atoms with Crippen molar-refractivity contribution < 1.29 is 5.11 Å². The zero-order valence-corrected chi connectivity index (χ0v) is 10.2. The Morgan fingerprint density at radius 3 is 2.93 bits per heavy atom. The molecule has 0 spiro atoms. The van der Waals surface area contributed by atoms with Gasteiger partial charge in [-0.2, -0.15) is 0 Å². The Morgan fingerprint density at radius 1 is 1.40 bits per heavy atom. The SMILES string of the molecule is CCC(O)CCNC1CCCN(C)CC1. The first-order chi connectivity index (χ1) is 7.22. The monoisotopic (exact) mass is 214 g/mol. The Hall–Kier alpha value is -0.120. The van der Waals surface area contributed by atoms with Crippen LogP contribution in [-0.4, -0.2) is 48.8 Å². The van der Waals surface area contributed by atoms with Gasteiger partial charge in [-0.3, -0.25) is 0 Å². The lowest BCUT2D eigenvalue weighted by molar-refractivity contribution is 0.158. The molecule has 1 aliphatic heterocycles. The maximum Gasteiger partial charge on any atom is 0.0549 e. The van der Waals surface area contributed by atoms with E-state index in [1.165, 1.54) is 32.4 Å². The van der Waals surface area contributed by atoms with Crippen LogP contribution < -0.4 is 5.32 Å². The van der Waals surface area contributed by atoms with Crippen molar-refractivity contribution in [3.63, 3.8) is 0 Å². The average Bonchev–Trinajstić information content (AvgIpc) is 2.43. The van der Waals surface area contributed by atoms with Gasteiger partial charge in [0.2, 0.25) is 0 Å². The van der Waals surface area contributed by atoms with E-state index in [1.807, 2.05) is 6.92 Å². The molecular formula is C12H26N2O. The van der Waals surface area contributed by atoms with Gasteiger partial charge in [0.1, 0.15) is 0 Å². The summed E-state index contributed by atoms with van der Waals surface area (Å²) in [5, 5.41) is 13.0. The topological polar surface area (TPSA) is 35.5 Å². The second kappa shape index (κ2) is 7.20. The molecule has 0 bridgehead atoms. The van der Waals surface area contributed by atoms with E-state index < -0.39 is 0 Å². The van der Waals surface area contributed by atoms with Gasteiger partial charge in [0.05, 0.1) is 6.10 Å². The van der Waals surface area contributed by atoms with Gasteiger partial charge in [-0.25, -0.2) is 0 Å². The number of likely N-dealkylation sites (tertiary alicyclic amines) is 1. The van der Waals surface area contributed by atoms with Crippen LogP contribution in [-0.2, 0) is 0 Å². The molecule has 1 rings (SSSR count). The molecule has 3 heteroatoms. The molecule has 1 heterocycles. The Balaban J connectivity index is 2.10. The number of aliphatic hydroxyl groups excluding tert-OH is 1. The summed E-state index contributed by atoms with van der Waals surface area (Å²) in [5.41, 5.74) is 0. The highest BCUT2D eigenvalue weighted by molar-refractivity contribution is 4.73. The van der Waals surface area contributed by atoms with E-state index in [1.54, 1.807) is 0 Å². The molecule has 1 aliphatic rings. The summed E-state index contributed by atoms with van der Waals surface area (Å²) >= 11 is 0. The summed E-state index contributed by atoms with van der Waals surface area (Å²) < 4.78 is 0. The fourth-order valence-corrected chi connectivity index (χ4v) is 2.10. The van der Waals surface area contributed by atoms with Crippen molar-refractivity contribution in [3.8, 4) is 0 Å². The van der Waals surface area contributed by atoms with E-state index in [0.717, 1.165) is 19.4 Å². The minimum absolute atomic E-state index is 0.119. The van der Waals surface area contributed by atoms with Gasteiger partial charge < -0.3 is 15.3 Å². The number of hydrogen-bond donors (Lipinski definition) is 2. The molecule has 0 aromatic carbocycles. The van der Waals surface area contributed by atoms with E-state index in [4.69, 9.17) is 0 Å². The quantitative estimate of drug-likeness (QED) is 0.722. The van der Waals surface area contributed by atoms with Gasteiger partial charge in [-0.05, 0) is 58.8 Å². The molecule has 2 atom stereocenters. The third-order valence-corrected chi connectivity index (χ3v) is 3.33. The molecular weight excluding hydrogens is 188 g/mol. The van der Waals surface area contributed by atoms with E-state index in [2.05, 4.69) is 17.3 Å². The van der Waals surface area contributed by atoms with Crippen LogP contribution in [0.4, 0.5) is 0 Å². The maximum atomic E-state index is 9.44. The van der Waals surface area contributed by atoms with Crippen molar-refractivity contribution in [2.45, 2.75) is 51.2 Å². The maximum absolute atomic E-state index is 9.44. The normalized spacial score (nSPS) is 26.2. The minimum atomic E-state index is -0.119. The third kappa shape index (κ3) is 5.50. The number of nitrogens with zero attached hydrogens (tertiary/aromatic N) is 1. The summed E-state index contributed by atoms with van der Waals surface area (Å²) in [6.07, 6.45) is 5.47. The lowest BCUT2D eigenvalue weighted by Gasteiger charge is -2.17. The van der Waals surface area contributed by atoms with Crippen LogP contribution in [0.2, 0.25) is 0 Å². The molecule has 90 valence electrons. The third-order valence-electron chi connectivity index (χ3n) is 3.33. The average molecular weight is 214 g/mol. The fourth-order valence-electron chi connectivity index (χ4n) is 2.10. The lowest BCUT2D eigenvalue weighted by atomic mass is 10.1. The van der Waals surface area contributed by atoms with Gasteiger partial charge in [-0.15, -0.1) is 0 Å². The van der Waals surface area contributed by atoms with E-state index >= 15 is 0 Å². The molecule has 0 aromatic rings. The Kier molecular flexibility index (Phi) is 6.22. The Bertz CT molecular complexity index is 164. The van der Waals surface area contributed by atoms with Crippen molar-refractivity contribution in [1.82, 2.24) is 10.2 Å². The second-order valence-electron chi connectivity index (χ2n) is 4.74. The van der Waals surface area contributed by atoms with Gasteiger partial charge in [0.25, 0.3) is 0 Å². The first-order valence-electron chi connectivity index (χ1n) is 6.32. The number of nitrogens with one attached hydrogen (secondary N) is 1. The second-order valence-corrected chi connectivity index (χ2v) is 4.74. The number of aliphatic hydroxyl groups is 1. The largest absolute Gasteiger partial charge is 0.393 e. The summed E-state index contributed by atoms with van der Waals surface area (Å²) in [6, 6.07) is 0.666. The highest BCUT2D eigenvalue weighted by Crippen LogP contribution is 2.09. The first-order valence-corrected chi connectivity index (χ1v) is 6.32. The number of hydrogen-bond acceptors (Lipinski definition) is 3. The molecule has 0 radical (unpaired) electrons. The fraction of sp³-hybridized carbons (Fsp3) is 1.00. The summed E-state index contributed by atoms with van der Waals surface area (Å²) in [5.74, 6) is 0. The standard InChI is InChI=1S/C12H26N2O/c1-3-12(15)6-8-13-11-5-4-9-14(2)10-7-11/h11-13,15H,3-10H2,1-2H3. The van der Waals surface area contributed by atoms with E-state index in [0.29, 0.717) is 6.04 Å². The van der Waals surface area contributed by atoms with Crippen molar-refractivity contribution in [2.75, 3.05) is 26.7 Å². The zero-order chi connectivity index (χ0) is 11.1. The molecule has 2 N–H and O–H groups in total. The van der Waals surface area contributed by atoms with Crippen molar-refractivity contribution in [3.05, 3.63) is 0 Å². The molecule has 0 aromatic heterocycles. The molecule has 3 nitrogen and oxygen atoms in total. The van der Waals surface area contributed by atoms with Crippen LogP contribution in [0.1, 0.15) is 39.0 Å². The molecule has 0 aliphatic carbocycles. The Labute approximate surface area is 93.9 Å². The van der Waals surface area contributed by atoms with Crippen LogP contribution in [0, 0.1) is 0 Å². The smallest absolute Gasteiger partial charge is 0.0549 e. The van der Waals surface area contributed by atoms with Gasteiger partial charge in [-0.1, -0.05) is 6.92 Å². The van der Waals surface area contributed by atoms with Crippen molar-refractivity contribution in [2.24, 2.45) is 0 Å². The lowest BCUT2D eigenvalue weighted by Crippen LogP contribution is -2.32. The van der Waals surface area contributed by atoms with E-state index in [9.17, 15) is 5.11 Å². The van der Waals surface area contributed by atoms with Gasteiger partial charge in [0.15, 0.2) is 0 Å². The van der Waals surface area contributed by atoms with Gasteiger partial charge in [0, 0.05) is 6.04 Å². The molecule has 0 saturated carbocycles.